The van der Waals surface area contributed by atoms with Crippen LogP contribution in [0.25, 0.3) is 0 Å². The van der Waals surface area contributed by atoms with Gasteiger partial charge in [0.25, 0.3) is 5.91 Å². The van der Waals surface area contributed by atoms with E-state index in [4.69, 9.17) is 32.7 Å². The van der Waals surface area contributed by atoms with Crippen molar-refractivity contribution in [2.24, 2.45) is 0 Å². The number of hydrogen-bond acceptors (Lipinski definition) is 6. The molecule has 0 aliphatic heterocycles. The van der Waals surface area contributed by atoms with E-state index in [1.165, 1.54) is 18.5 Å². The zero-order chi connectivity index (χ0) is 21.5. The standard InChI is InChI=1S/C21H17Cl2N3O4/c1-13(16-7-6-14(22)10-18(16)23)26-19(27)12-29-21(28)17-5-3-9-25-20(17)30-15-4-2-8-24-11-15/h2-11,13H,12H2,1H3,(H,26,27). The molecule has 0 bridgehead atoms. The maximum absolute atomic E-state index is 12.4. The van der Waals surface area contributed by atoms with E-state index in [2.05, 4.69) is 15.3 Å². The van der Waals surface area contributed by atoms with Crippen molar-refractivity contribution in [1.82, 2.24) is 15.3 Å². The van der Waals surface area contributed by atoms with Gasteiger partial charge in [-0.2, -0.15) is 0 Å². The Balaban J connectivity index is 1.59. The van der Waals surface area contributed by atoms with Gasteiger partial charge < -0.3 is 14.8 Å². The minimum absolute atomic E-state index is 0.0530. The number of aromatic nitrogens is 2. The highest BCUT2D eigenvalue weighted by Crippen LogP contribution is 2.26. The lowest BCUT2D eigenvalue weighted by Gasteiger charge is -2.16. The normalized spacial score (nSPS) is 11.4. The molecular weight excluding hydrogens is 429 g/mol. The Morgan fingerprint density at radius 1 is 1.13 bits per heavy atom. The van der Waals surface area contributed by atoms with Gasteiger partial charge in [0, 0.05) is 22.4 Å². The number of nitrogens with one attached hydrogen (secondary N) is 1. The van der Waals surface area contributed by atoms with Gasteiger partial charge in [0.1, 0.15) is 11.3 Å². The number of halogens is 2. The van der Waals surface area contributed by atoms with Gasteiger partial charge in [0.15, 0.2) is 6.61 Å². The Bertz CT molecular complexity index is 1050. The van der Waals surface area contributed by atoms with E-state index < -0.39 is 24.5 Å². The first-order valence-electron chi connectivity index (χ1n) is 8.88. The summed E-state index contributed by atoms with van der Waals surface area (Å²) in [5, 5.41) is 3.65. The van der Waals surface area contributed by atoms with E-state index in [1.807, 2.05) is 0 Å². The number of rotatable bonds is 7. The maximum atomic E-state index is 12.4. The van der Waals surface area contributed by atoms with Crippen molar-refractivity contribution < 1.29 is 19.1 Å². The molecule has 1 aromatic carbocycles. The number of carbonyl (C=O) groups is 2. The summed E-state index contributed by atoms with van der Waals surface area (Å²) in [6, 6.07) is 11.0. The Kier molecular flexibility index (Phi) is 7.21. The fourth-order valence-corrected chi connectivity index (χ4v) is 3.14. The van der Waals surface area contributed by atoms with Gasteiger partial charge in [0.2, 0.25) is 5.88 Å². The molecule has 1 N–H and O–H groups in total. The fraction of sp³-hybridized carbons (Fsp3) is 0.143. The average molecular weight is 446 g/mol. The molecule has 1 amide bonds. The molecule has 1 atom stereocenters. The monoisotopic (exact) mass is 445 g/mol. The number of benzene rings is 1. The Hall–Kier alpha value is -3.16. The molecule has 0 radical (unpaired) electrons. The van der Waals surface area contributed by atoms with Crippen LogP contribution in [0.15, 0.2) is 61.1 Å². The van der Waals surface area contributed by atoms with Crippen molar-refractivity contribution in [3.8, 4) is 11.6 Å². The Morgan fingerprint density at radius 2 is 1.93 bits per heavy atom. The highest BCUT2D eigenvalue weighted by molar-refractivity contribution is 6.35. The molecule has 0 aliphatic rings. The number of amides is 1. The second-order valence-corrected chi connectivity index (χ2v) is 7.02. The molecule has 3 rings (SSSR count). The van der Waals surface area contributed by atoms with Gasteiger partial charge in [-0.3, -0.25) is 9.78 Å². The third-order valence-corrected chi connectivity index (χ3v) is 4.54. The zero-order valence-corrected chi connectivity index (χ0v) is 17.4. The molecule has 154 valence electrons. The molecule has 0 spiro atoms. The number of pyridine rings is 2. The number of esters is 1. The molecule has 0 saturated carbocycles. The molecular formula is C21H17Cl2N3O4. The second-order valence-electron chi connectivity index (χ2n) is 6.18. The minimum atomic E-state index is -0.741. The molecule has 0 fully saturated rings. The van der Waals surface area contributed by atoms with Crippen molar-refractivity contribution in [2.75, 3.05) is 6.61 Å². The first kappa shape index (κ1) is 21.5. The van der Waals surface area contributed by atoms with Gasteiger partial charge in [-0.25, -0.2) is 9.78 Å². The van der Waals surface area contributed by atoms with Gasteiger partial charge in [-0.1, -0.05) is 29.3 Å². The molecule has 7 nitrogen and oxygen atoms in total. The lowest BCUT2D eigenvalue weighted by atomic mass is 10.1. The van der Waals surface area contributed by atoms with Crippen LogP contribution < -0.4 is 10.1 Å². The second kappa shape index (κ2) is 10.0. The number of hydrogen-bond donors (Lipinski definition) is 1. The van der Waals surface area contributed by atoms with E-state index >= 15 is 0 Å². The van der Waals surface area contributed by atoms with E-state index in [9.17, 15) is 9.59 Å². The highest BCUT2D eigenvalue weighted by Gasteiger charge is 2.19. The Morgan fingerprint density at radius 3 is 2.67 bits per heavy atom. The zero-order valence-electron chi connectivity index (χ0n) is 15.8. The van der Waals surface area contributed by atoms with Crippen LogP contribution in [-0.2, 0) is 9.53 Å². The summed E-state index contributed by atoms with van der Waals surface area (Å²) in [6.07, 6.45) is 4.56. The molecule has 0 saturated heterocycles. The SMILES string of the molecule is CC(NC(=O)COC(=O)c1cccnc1Oc1cccnc1)c1ccc(Cl)cc1Cl. The summed E-state index contributed by atoms with van der Waals surface area (Å²) in [5.74, 6) is -0.760. The van der Waals surface area contributed by atoms with Crippen molar-refractivity contribution in [1.29, 1.82) is 0 Å². The lowest BCUT2D eigenvalue weighted by Crippen LogP contribution is -2.31. The van der Waals surface area contributed by atoms with E-state index in [1.54, 1.807) is 49.5 Å². The lowest BCUT2D eigenvalue weighted by molar-refractivity contribution is -0.124. The molecule has 2 heterocycles. The first-order chi connectivity index (χ1) is 14.4. The number of carbonyl (C=O) groups excluding carboxylic acids is 2. The van der Waals surface area contributed by atoms with E-state index in [-0.39, 0.29) is 11.4 Å². The predicted molar refractivity (Wildman–Crippen MR) is 112 cm³/mol. The topological polar surface area (TPSA) is 90.4 Å². The third-order valence-electron chi connectivity index (χ3n) is 3.98. The van der Waals surface area contributed by atoms with Crippen molar-refractivity contribution in [2.45, 2.75) is 13.0 Å². The van der Waals surface area contributed by atoms with E-state index in [0.29, 0.717) is 21.4 Å². The van der Waals surface area contributed by atoms with E-state index in [0.717, 1.165) is 0 Å². The summed E-state index contributed by atoms with van der Waals surface area (Å²) in [7, 11) is 0. The van der Waals surface area contributed by atoms with Crippen LogP contribution in [0.5, 0.6) is 11.6 Å². The van der Waals surface area contributed by atoms with Gasteiger partial charge >= 0.3 is 5.97 Å². The van der Waals surface area contributed by atoms with Crippen LogP contribution in [0.1, 0.15) is 28.9 Å². The quantitative estimate of drug-likeness (QED) is 0.533. The average Bonchev–Trinajstić information content (AvgIpc) is 2.73. The van der Waals surface area contributed by atoms with Crippen molar-refractivity contribution >= 4 is 35.1 Å². The Labute approximate surface area is 183 Å². The van der Waals surface area contributed by atoms with Gasteiger partial charge in [-0.15, -0.1) is 0 Å². The fourth-order valence-electron chi connectivity index (χ4n) is 2.57. The molecule has 0 aliphatic carbocycles. The molecule has 2 aromatic heterocycles. The van der Waals surface area contributed by atoms with Gasteiger partial charge in [0.05, 0.1) is 12.2 Å². The molecule has 30 heavy (non-hydrogen) atoms. The summed E-state index contributed by atoms with van der Waals surface area (Å²) >= 11 is 12.0. The summed E-state index contributed by atoms with van der Waals surface area (Å²) < 4.78 is 10.7. The smallest absolute Gasteiger partial charge is 0.344 e. The largest absolute Gasteiger partial charge is 0.452 e. The van der Waals surface area contributed by atoms with Crippen LogP contribution in [-0.4, -0.2) is 28.5 Å². The van der Waals surface area contributed by atoms with Crippen LogP contribution in [0.3, 0.4) is 0 Å². The van der Waals surface area contributed by atoms with Crippen LogP contribution in [0.4, 0.5) is 0 Å². The van der Waals surface area contributed by atoms with Crippen LogP contribution in [0.2, 0.25) is 10.0 Å². The predicted octanol–water partition coefficient (Wildman–Crippen LogP) is 4.61. The molecule has 1 unspecified atom stereocenters. The first-order valence-corrected chi connectivity index (χ1v) is 9.64. The van der Waals surface area contributed by atoms with Crippen LogP contribution in [0, 0.1) is 0 Å². The maximum Gasteiger partial charge on any atom is 0.344 e. The molecule has 3 aromatic rings. The number of ether oxygens (including phenoxy) is 2. The van der Waals surface area contributed by atoms with Crippen LogP contribution >= 0.6 is 23.2 Å². The van der Waals surface area contributed by atoms with Crippen molar-refractivity contribution in [3.63, 3.8) is 0 Å². The minimum Gasteiger partial charge on any atom is -0.452 e. The summed E-state index contributed by atoms with van der Waals surface area (Å²) in [5.41, 5.74) is 0.781. The van der Waals surface area contributed by atoms with Gasteiger partial charge in [-0.05, 0) is 48.9 Å². The highest BCUT2D eigenvalue weighted by atomic mass is 35.5. The third kappa shape index (κ3) is 5.68. The summed E-state index contributed by atoms with van der Waals surface area (Å²) in [4.78, 5) is 32.6. The summed E-state index contributed by atoms with van der Waals surface area (Å²) in [6.45, 7) is 1.28. The van der Waals surface area contributed by atoms with Crippen molar-refractivity contribution in [3.05, 3.63) is 82.2 Å². The molecule has 9 heteroatoms. The number of nitrogens with zero attached hydrogens (tertiary/aromatic N) is 2.